The van der Waals surface area contributed by atoms with Crippen molar-refractivity contribution >= 4 is 52.2 Å². The molecule has 5 nitrogen and oxygen atoms in total. The van der Waals surface area contributed by atoms with Crippen LogP contribution in [0.25, 0.3) is 0 Å². The number of carbonyl (C=O) groups excluding carboxylic acids is 2. The topological polar surface area (TPSA) is 70.2 Å². The highest BCUT2D eigenvalue weighted by atomic mass is 35.5. The largest absolute Gasteiger partial charge is 0.307 e. The Balaban J connectivity index is 1.32. The van der Waals surface area contributed by atoms with E-state index in [1.54, 1.807) is 48.2 Å². The molecule has 3 fully saturated rings. The monoisotopic (exact) mass is 512 g/mol. The van der Waals surface area contributed by atoms with E-state index >= 15 is 0 Å². The smallest absolute Gasteiger partial charge is 0.305 e. The Labute approximate surface area is 207 Å². The fourth-order valence-corrected chi connectivity index (χ4v) is 9.92. The molecule has 2 bridgehead atoms. The van der Waals surface area contributed by atoms with E-state index in [-0.39, 0.29) is 63.3 Å². The predicted molar refractivity (Wildman–Crippen MR) is 129 cm³/mol. The van der Waals surface area contributed by atoms with Crippen LogP contribution in [-0.4, -0.2) is 22.0 Å². The highest BCUT2D eigenvalue weighted by Crippen LogP contribution is 2.68. The van der Waals surface area contributed by atoms with Crippen molar-refractivity contribution in [3.63, 3.8) is 0 Å². The lowest BCUT2D eigenvalue weighted by molar-refractivity contribution is -0.123. The van der Waals surface area contributed by atoms with E-state index in [9.17, 15) is 18.8 Å². The van der Waals surface area contributed by atoms with E-state index in [2.05, 4.69) is 4.98 Å². The van der Waals surface area contributed by atoms with Crippen molar-refractivity contribution in [2.45, 2.75) is 22.6 Å². The summed E-state index contributed by atoms with van der Waals surface area (Å²) in [6.45, 7) is 0. The third-order valence-electron chi connectivity index (χ3n) is 8.04. The first-order valence-corrected chi connectivity index (χ1v) is 13.3. The number of benzene rings is 2. The van der Waals surface area contributed by atoms with Crippen LogP contribution in [0.2, 0.25) is 5.02 Å². The number of aromatic amines is 1. The molecule has 2 aromatic carbocycles. The Bertz CT molecular complexity index is 1400. The number of rotatable bonds is 2. The normalized spacial score (nSPS) is 33.2. The lowest BCUT2D eigenvalue weighted by Crippen LogP contribution is -2.42. The average Bonchev–Trinajstić information content (AvgIpc) is 3.54. The van der Waals surface area contributed by atoms with Gasteiger partial charge in [0.25, 0.3) is 0 Å². The van der Waals surface area contributed by atoms with Gasteiger partial charge in [0.1, 0.15) is 5.82 Å². The zero-order valence-electron chi connectivity index (χ0n) is 17.6. The Morgan fingerprint density at radius 1 is 0.941 bits per heavy atom. The molecule has 2 amide bonds. The number of imide groups is 1. The number of aromatic nitrogens is 1. The number of thiazole rings is 1. The Morgan fingerprint density at radius 2 is 1.62 bits per heavy atom. The summed E-state index contributed by atoms with van der Waals surface area (Å²) in [4.78, 5) is 44.6. The molecule has 5 unspecified atom stereocenters. The molecule has 3 aromatic rings. The number of nitrogens with zero attached hydrogens (tertiary/aromatic N) is 1. The van der Waals surface area contributed by atoms with Crippen LogP contribution in [0.1, 0.15) is 22.8 Å². The van der Waals surface area contributed by atoms with Crippen LogP contribution < -0.4 is 9.77 Å². The zero-order valence-corrected chi connectivity index (χ0v) is 20.0. The minimum absolute atomic E-state index is 0.0293. The second-order valence-corrected chi connectivity index (χ2v) is 12.1. The second kappa shape index (κ2) is 7.29. The van der Waals surface area contributed by atoms with Gasteiger partial charge in [0.15, 0.2) is 0 Å². The quantitative estimate of drug-likeness (QED) is 0.495. The van der Waals surface area contributed by atoms with E-state index in [1.165, 1.54) is 28.4 Å². The van der Waals surface area contributed by atoms with Crippen LogP contribution in [-0.2, 0) is 9.59 Å². The van der Waals surface area contributed by atoms with Gasteiger partial charge < -0.3 is 4.98 Å². The number of amides is 2. The Hall–Kier alpha value is -2.42. The molecule has 0 radical (unpaired) electrons. The van der Waals surface area contributed by atoms with Gasteiger partial charge in [-0.3, -0.25) is 19.3 Å². The number of fused-ring (bicyclic) bond motifs is 9. The zero-order chi connectivity index (χ0) is 23.3. The SMILES string of the molecule is O=C1C2C(C(=O)N1c1ccc(Cl)cc1)[C@@H]1C[C@H]2C2Sc3[nH]c(=O)sc3C(c3ccc(F)cc3)C21. The first-order valence-electron chi connectivity index (χ1n) is 11.2. The maximum absolute atomic E-state index is 13.7. The molecule has 0 spiro atoms. The summed E-state index contributed by atoms with van der Waals surface area (Å²) in [6, 6.07) is 13.3. The minimum atomic E-state index is -0.366. The molecule has 7 rings (SSSR count). The summed E-state index contributed by atoms with van der Waals surface area (Å²) >= 11 is 8.86. The van der Waals surface area contributed by atoms with E-state index in [0.717, 1.165) is 21.9 Å². The fraction of sp³-hybridized carbons (Fsp3) is 0.320. The fourth-order valence-electron chi connectivity index (χ4n) is 6.90. The number of nitrogens with one attached hydrogen (secondary N) is 1. The maximum atomic E-state index is 13.7. The van der Waals surface area contributed by atoms with Crippen LogP contribution in [0.15, 0.2) is 58.4 Å². The number of carbonyl (C=O) groups is 2. The van der Waals surface area contributed by atoms with Gasteiger partial charge >= 0.3 is 4.87 Å². The Morgan fingerprint density at radius 3 is 2.32 bits per heavy atom. The van der Waals surface area contributed by atoms with Crippen LogP contribution >= 0.6 is 34.7 Å². The molecule has 7 atom stereocenters. The third kappa shape index (κ3) is 2.76. The average molecular weight is 513 g/mol. The van der Waals surface area contributed by atoms with Gasteiger partial charge in [0.05, 0.1) is 22.5 Å². The summed E-state index contributed by atoms with van der Waals surface area (Å²) in [5.41, 5.74) is 1.51. The highest BCUT2D eigenvalue weighted by molar-refractivity contribution is 8.00. The molecule has 1 N–H and O–H groups in total. The van der Waals surface area contributed by atoms with Crippen molar-refractivity contribution in [2.75, 3.05) is 4.90 Å². The van der Waals surface area contributed by atoms with Crippen LogP contribution in [0.3, 0.4) is 0 Å². The van der Waals surface area contributed by atoms with Crippen molar-refractivity contribution in [1.29, 1.82) is 0 Å². The van der Waals surface area contributed by atoms with Crippen LogP contribution in [0.5, 0.6) is 0 Å². The van der Waals surface area contributed by atoms with Gasteiger partial charge in [-0.1, -0.05) is 35.1 Å². The van der Waals surface area contributed by atoms with Crippen molar-refractivity contribution in [1.82, 2.24) is 4.98 Å². The molecule has 2 saturated carbocycles. The van der Waals surface area contributed by atoms with Crippen LogP contribution in [0, 0.1) is 35.4 Å². The van der Waals surface area contributed by atoms with E-state index in [4.69, 9.17) is 11.6 Å². The van der Waals surface area contributed by atoms with E-state index in [1.807, 2.05) is 0 Å². The van der Waals surface area contributed by atoms with E-state index in [0.29, 0.717) is 10.7 Å². The highest BCUT2D eigenvalue weighted by Gasteiger charge is 2.69. The first-order chi connectivity index (χ1) is 16.4. The number of halogens is 2. The van der Waals surface area contributed by atoms with Gasteiger partial charge in [0, 0.05) is 21.1 Å². The van der Waals surface area contributed by atoms with Crippen molar-refractivity contribution in [2.24, 2.45) is 29.6 Å². The molecule has 34 heavy (non-hydrogen) atoms. The molecule has 1 aromatic heterocycles. The Kier molecular flexibility index (Phi) is 4.48. The van der Waals surface area contributed by atoms with Gasteiger partial charge in [-0.2, -0.15) is 0 Å². The predicted octanol–water partition coefficient (Wildman–Crippen LogP) is 4.91. The molecule has 3 heterocycles. The summed E-state index contributed by atoms with van der Waals surface area (Å²) in [6.07, 6.45) is 0.820. The van der Waals surface area contributed by atoms with Gasteiger partial charge in [0.2, 0.25) is 11.8 Å². The van der Waals surface area contributed by atoms with Crippen molar-refractivity contribution < 1.29 is 14.0 Å². The number of thioether (sulfide) groups is 1. The molecule has 2 aliphatic carbocycles. The number of hydrogen-bond donors (Lipinski definition) is 1. The minimum Gasteiger partial charge on any atom is -0.307 e. The number of H-pyrrole nitrogens is 1. The summed E-state index contributed by atoms with van der Waals surface area (Å²) in [5.74, 6) is -1.21. The van der Waals surface area contributed by atoms with Crippen molar-refractivity contribution in [3.8, 4) is 0 Å². The molecular formula is C25H18ClFN2O3S2. The van der Waals surface area contributed by atoms with Crippen molar-refractivity contribution in [3.05, 3.63) is 79.5 Å². The van der Waals surface area contributed by atoms with Gasteiger partial charge in [-0.05, 0) is 66.1 Å². The molecular weight excluding hydrogens is 495 g/mol. The first kappa shape index (κ1) is 20.9. The number of anilines is 1. The molecule has 172 valence electrons. The second-order valence-electron chi connectivity index (χ2n) is 9.50. The third-order valence-corrected chi connectivity index (χ3v) is 10.9. The number of hydrogen-bond acceptors (Lipinski definition) is 5. The van der Waals surface area contributed by atoms with Gasteiger partial charge in [-0.15, -0.1) is 11.8 Å². The summed E-state index contributed by atoms with van der Waals surface area (Å²) in [5, 5.41) is 1.51. The lowest BCUT2D eigenvalue weighted by Gasteiger charge is -2.43. The molecule has 1 saturated heterocycles. The lowest BCUT2D eigenvalue weighted by atomic mass is 9.68. The molecule has 2 aliphatic heterocycles. The summed E-state index contributed by atoms with van der Waals surface area (Å²) in [7, 11) is 0. The van der Waals surface area contributed by atoms with E-state index < -0.39 is 0 Å². The standard InChI is InChI=1S/C25H18ClFN2O3S2/c26-11-3-7-13(8-4-11)29-23(30)18-14-9-15(19(18)24(29)31)20-17(14)16(10-1-5-12(27)6-2-10)21-22(33-20)28-25(32)34-21/h1-8,14-20H,9H2,(H,28,32)/t14-,15-,16?,17?,18?,19?,20?/m1/s1. The van der Waals surface area contributed by atoms with Crippen LogP contribution in [0.4, 0.5) is 10.1 Å². The van der Waals surface area contributed by atoms with Gasteiger partial charge in [-0.25, -0.2) is 4.39 Å². The maximum Gasteiger partial charge on any atom is 0.305 e. The molecule has 4 aliphatic rings. The summed E-state index contributed by atoms with van der Waals surface area (Å²) < 4.78 is 13.7. The molecule has 9 heteroatoms.